The van der Waals surface area contributed by atoms with Crippen LogP contribution in [0.15, 0.2) is 76.9 Å². The van der Waals surface area contributed by atoms with Crippen LogP contribution in [0.3, 0.4) is 0 Å². The van der Waals surface area contributed by atoms with Crippen molar-refractivity contribution in [3.05, 3.63) is 94.2 Å². The molecule has 0 fully saturated rings. The third-order valence-corrected chi connectivity index (χ3v) is 4.85. The van der Waals surface area contributed by atoms with E-state index in [2.05, 4.69) is 45.3 Å². The Labute approximate surface area is 155 Å². The Kier molecular flexibility index (Phi) is 3.64. The van der Waals surface area contributed by atoms with Crippen LogP contribution in [0.25, 0.3) is 22.2 Å². The molecule has 0 N–H and O–H groups in total. The van der Waals surface area contributed by atoms with Crippen molar-refractivity contribution in [2.45, 2.75) is 13.1 Å². The third-order valence-electron chi connectivity index (χ3n) is 4.85. The number of aromatic nitrogens is 3. The summed E-state index contributed by atoms with van der Waals surface area (Å²) in [6.45, 7) is 1.24. The fourth-order valence-electron chi connectivity index (χ4n) is 3.44. The van der Waals surface area contributed by atoms with E-state index < -0.39 is 0 Å². The SMILES string of the molecule is O=c1c2cccnc2ncn1Cc1cccc(-c2ccc3c(c2)C=NC3)c1. The quantitative estimate of drug-likeness (QED) is 0.567. The van der Waals surface area contributed by atoms with Crippen LogP contribution in [0.5, 0.6) is 0 Å². The molecule has 0 atom stereocenters. The topological polar surface area (TPSA) is 60.1 Å². The van der Waals surface area contributed by atoms with Crippen molar-refractivity contribution in [2.24, 2.45) is 4.99 Å². The zero-order valence-electron chi connectivity index (χ0n) is 14.5. The van der Waals surface area contributed by atoms with Gasteiger partial charge in [-0.05, 0) is 52.1 Å². The highest BCUT2D eigenvalue weighted by Gasteiger charge is 2.09. The van der Waals surface area contributed by atoms with Crippen molar-refractivity contribution in [1.82, 2.24) is 14.5 Å². The minimum absolute atomic E-state index is 0.0766. The van der Waals surface area contributed by atoms with E-state index in [-0.39, 0.29) is 5.56 Å². The Morgan fingerprint density at radius 2 is 1.89 bits per heavy atom. The summed E-state index contributed by atoms with van der Waals surface area (Å²) in [4.78, 5) is 25.4. The average Bonchev–Trinajstić information content (AvgIpc) is 3.18. The molecule has 0 radical (unpaired) electrons. The fraction of sp³-hybridized carbons (Fsp3) is 0.0909. The highest BCUT2D eigenvalue weighted by Crippen LogP contribution is 2.25. The van der Waals surface area contributed by atoms with E-state index in [0.29, 0.717) is 17.6 Å². The van der Waals surface area contributed by atoms with Gasteiger partial charge in [-0.2, -0.15) is 0 Å². The zero-order chi connectivity index (χ0) is 18.2. The standard InChI is InChI=1S/C22H16N4O/c27-22-20-5-2-8-24-21(20)25-14-26(22)13-15-3-1-4-16(9-15)17-6-7-18-11-23-12-19(18)10-17/h1-10,12,14H,11,13H2. The molecule has 0 aliphatic carbocycles. The molecule has 5 nitrogen and oxygen atoms in total. The van der Waals surface area contributed by atoms with Crippen LogP contribution in [0, 0.1) is 0 Å². The minimum Gasteiger partial charge on any atom is -0.294 e. The predicted molar refractivity (Wildman–Crippen MR) is 106 cm³/mol. The van der Waals surface area contributed by atoms with Crippen molar-refractivity contribution in [3.8, 4) is 11.1 Å². The second-order valence-electron chi connectivity index (χ2n) is 6.64. The minimum atomic E-state index is -0.0766. The number of rotatable bonds is 3. The average molecular weight is 352 g/mol. The number of fused-ring (bicyclic) bond motifs is 2. The van der Waals surface area contributed by atoms with Crippen molar-refractivity contribution in [1.29, 1.82) is 0 Å². The molecule has 2 aromatic heterocycles. The number of nitrogens with zero attached hydrogens (tertiary/aromatic N) is 4. The normalized spacial score (nSPS) is 12.4. The van der Waals surface area contributed by atoms with Gasteiger partial charge >= 0.3 is 0 Å². The lowest BCUT2D eigenvalue weighted by Crippen LogP contribution is -2.21. The van der Waals surface area contributed by atoms with Crippen LogP contribution in [-0.2, 0) is 13.1 Å². The van der Waals surface area contributed by atoms with Gasteiger partial charge in [-0.15, -0.1) is 0 Å². The molecule has 0 bridgehead atoms. The Morgan fingerprint density at radius 1 is 0.963 bits per heavy atom. The Hall–Kier alpha value is -3.60. The van der Waals surface area contributed by atoms with Crippen LogP contribution < -0.4 is 5.56 Å². The molecule has 0 unspecified atom stereocenters. The summed E-state index contributed by atoms with van der Waals surface area (Å²) in [5.74, 6) is 0. The number of hydrogen-bond donors (Lipinski definition) is 0. The Bertz CT molecular complexity index is 1260. The van der Waals surface area contributed by atoms with Crippen LogP contribution >= 0.6 is 0 Å². The zero-order valence-corrected chi connectivity index (χ0v) is 14.5. The second-order valence-corrected chi connectivity index (χ2v) is 6.64. The summed E-state index contributed by atoms with van der Waals surface area (Å²) >= 11 is 0. The molecule has 3 heterocycles. The maximum atomic E-state index is 12.7. The first-order valence-corrected chi connectivity index (χ1v) is 8.80. The number of aliphatic imine (C=N–C) groups is 1. The summed E-state index contributed by atoms with van der Waals surface area (Å²) < 4.78 is 1.62. The molecule has 0 amide bonds. The molecule has 1 aliphatic rings. The van der Waals surface area contributed by atoms with E-state index in [1.54, 1.807) is 29.2 Å². The van der Waals surface area contributed by atoms with Gasteiger partial charge in [0, 0.05) is 12.4 Å². The molecule has 0 saturated heterocycles. The van der Waals surface area contributed by atoms with Crippen molar-refractivity contribution in [3.63, 3.8) is 0 Å². The maximum absolute atomic E-state index is 12.7. The molecule has 2 aromatic carbocycles. The predicted octanol–water partition coefficient (Wildman–Crippen LogP) is 3.44. The van der Waals surface area contributed by atoms with E-state index in [4.69, 9.17) is 0 Å². The van der Waals surface area contributed by atoms with Crippen molar-refractivity contribution in [2.75, 3.05) is 0 Å². The van der Waals surface area contributed by atoms with Crippen molar-refractivity contribution < 1.29 is 0 Å². The van der Waals surface area contributed by atoms with Crippen LogP contribution in [0.4, 0.5) is 0 Å². The lowest BCUT2D eigenvalue weighted by molar-refractivity contribution is 0.747. The van der Waals surface area contributed by atoms with E-state index in [9.17, 15) is 4.79 Å². The Morgan fingerprint density at radius 3 is 2.85 bits per heavy atom. The van der Waals surface area contributed by atoms with Gasteiger partial charge in [0.2, 0.25) is 0 Å². The van der Waals surface area contributed by atoms with E-state index >= 15 is 0 Å². The summed E-state index contributed by atoms with van der Waals surface area (Å²) in [5, 5.41) is 0.536. The van der Waals surface area contributed by atoms with E-state index in [0.717, 1.165) is 23.2 Å². The molecule has 5 rings (SSSR count). The largest absolute Gasteiger partial charge is 0.294 e. The second kappa shape index (κ2) is 6.29. The van der Waals surface area contributed by atoms with Gasteiger partial charge in [-0.25, -0.2) is 9.97 Å². The molecular formula is C22H16N4O. The highest BCUT2D eigenvalue weighted by atomic mass is 16.1. The van der Waals surface area contributed by atoms with Crippen molar-refractivity contribution >= 4 is 17.2 Å². The number of benzene rings is 2. The van der Waals surface area contributed by atoms with Gasteiger partial charge in [-0.1, -0.05) is 30.3 Å². The first-order valence-electron chi connectivity index (χ1n) is 8.80. The van der Waals surface area contributed by atoms with Gasteiger partial charge in [0.25, 0.3) is 5.56 Å². The molecule has 5 heteroatoms. The molecule has 0 spiro atoms. The van der Waals surface area contributed by atoms with E-state index in [1.165, 1.54) is 11.1 Å². The smallest absolute Gasteiger partial charge is 0.263 e. The molecule has 130 valence electrons. The number of hydrogen-bond acceptors (Lipinski definition) is 4. The molecule has 4 aromatic rings. The van der Waals surface area contributed by atoms with Crippen LogP contribution in [-0.4, -0.2) is 20.7 Å². The van der Waals surface area contributed by atoms with Crippen LogP contribution in [0.1, 0.15) is 16.7 Å². The first kappa shape index (κ1) is 15.6. The van der Waals surface area contributed by atoms with Gasteiger partial charge in [0.15, 0.2) is 5.65 Å². The van der Waals surface area contributed by atoms with Crippen LogP contribution in [0.2, 0.25) is 0 Å². The fourth-order valence-corrected chi connectivity index (χ4v) is 3.44. The third kappa shape index (κ3) is 2.83. The highest BCUT2D eigenvalue weighted by molar-refractivity contribution is 5.87. The lowest BCUT2D eigenvalue weighted by atomic mass is 9.99. The summed E-state index contributed by atoms with van der Waals surface area (Å²) in [6.07, 6.45) is 5.14. The molecule has 27 heavy (non-hydrogen) atoms. The van der Waals surface area contributed by atoms with Gasteiger partial charge < -0.3 is 0 Å². The Balaban J connectivity index is 1.50. The molecule has 1 aliphatic heterocycles. The first-order chi connectivity index (χ1) is 13.3. The summed E-state index contributed by atoms with van der Waals surface area (Å²) in [7, 11) is 0. The summed E-state index contributed by atoms with van der Waals surface area (Å²) in [5.41, 5.74) is 6.17. The number of pyridine rings is 1. The molecular weight excluding hydrogens is 336 g/mol. The lowest BCUT2D eigenvalue weighted by Gasteiger charge is -2.09. The maximum Gasteiger partial charge on any atom is 0.263 e. The van der Waals surface area contributed by atoms with Gasteiger partial charge in [0.05, 0.1) is 18.5 Å². The van der Waals surface area contributed by atoms with Gasteiger partial charge in [0.1, 0.15) is 6.33 Å². The molecule has 0 saturated carbocycles. The summed E-state index contributed by atoms with van der Waals surface area (Å²) in [6, 6.07) is 18.2. The monoisotopic (exact) mass is 352 g/mol. The van der Waals surface area contributed by atoms with Gasteiger partial charge in [-0.3, -0.25) is 14.4 Å². The van der Waals surface area contributed by atoms with E-state index in [1.807, 2.05) is 18.3 Å².